The molecule has 0 saturated carbocycles. The minimum Gasteiger partial charge on any atom is -0.493 e. The molecular weight excluding hydrogens is 270 g/mol. The molecule has 1 heterocycles. The van der Waals surface area contributed by atoms with Crippen molar-refractivity contribution in [3.63, 3.8) is 0 Å². The van der Waals surface area contributed by atoms with Gasteiger partial charge in [-0.25, -0.2) is 0 Å². The minimum atomic E-state index is -0.300. The van der Waals surface area contributed by atoms with Gasteiger partial charge in [0.1, 0.15) is 5.76 Å². The molecule has 0 aliphatic rings. The van der Waals surface area contributed by atoms with Crippen LogP contribution < -0.4 is 10.1 Å². The molecule has 0 radical (unpaired) electrons. The summed E-state index contributed by atoms with van der Waals surface area (Å²) in [5.41, 5.74) is 0.770. The molecule has 21 heavy (non-hydrogen) atoms. The van der Waals surface area contributed by atoms with Crippen molar-refractivity contribution < 1.29 is 18.6 Å². The Hall–Kier alpha value is -1.56. The van der Waals surface area contributed by atoms with Gasteiger partial charge in [0.2, 0.25) is 0 Å². The lowest BCUT2D eigenvalue weighted by Gasteiger charge is -2.24. The number of methoxy groups -OCH3 is 3. The number of ether oxygens (including phenoxy) is 3. The Bertz CT molecular complexity index is 577. The smallest absolute Gasteiger partial charge is 0.176 e. The topological polar surface area (TPSA) is 52.9 Å². The van der Waals surface area contributed by atoms with Crippen molar-refractivity contribution >= 4 is 11.0 Å². The van der Waals surface area contributed by atoms with Crippen LogP contribution in [0, 0.1) is 0 Å². The van der Waals surface area contributed by atoms with E-state index < -0.39 is 0 Å². The molecule has 2 rings (SSSR count). The Kier molecular flexibility index (Phi) is 5.22. The number of hydrogen-bond acceptors (Lipinski definition) is 5. The first-order valence-corrected chi connectivity index (χ1v) is 6.98. The van der Waals surface area contributed by atoms with E-state index in [9.17, 15) is 0 Å². The van der Waals surface area contributed by atoms with E-state index in [0.717, 1.165) is 22.5 Å². The molecular formula is C16H23NO4. The van der Waals surface area contributed by atoms with Crippen molar-refractivity contribution in [3.8, 4) is 5.75 Å². The molecule has 1 N–H and O–H groups in total. The summed E-state index contributed by atoms with van der Waals surface area (Å²) in [6, 6.07) is 7.94. The summed E-state index contributed by atoms with van der Waals surface area (Å²) < 4.78 is 21.8. The van der Waals surface area contributed by atoms with E-state index in [1.165, 1.54) is 0 Å². The zero-order valence-corrected chi connectivity index (χ0v) is 13.2. The van der Waals surface area contributed by atoms with E-state index >= 15 is 0 Å². The maximum Gasteiger partial charge on any atom is 0.176 e. The summed E-state index contributed by atoms with van der Waals surface area (Å²) in [4.78, 5) is 0. The van der Waals surface area contributed by atoms with Crippen LogP contribution in [0.1, 0.15) is 25.6 Å². The standard InChI is InChI=1S/C16H23NO4/c1-10(17-11(2)16(19-4)20-5)14-9-12-7-6-8-13(18-3)15(12)21-14/h6-11,16-17H,1-5H3. The van der Waals surface area contributed by atoms with Gasteiger partial charge in [-0.05, 0) is 26.0 Å². The van der Waals surface area contributed by atoms with Crippen LogP contribution in [0.2, 0.25) is 0 Å². The Morgan fingerprint density at radius 3 is 2.43 bits per heavy atom. The van der Waals surface area contributed by atoms with E-state index in [2.05, 4.69) is 5.32 Å². The molecule has 0 fully saturated rings. The molecule has 0 spiro atoms. The van der Waals surface area contributed by atoms with Gasteiger partial charge < -0.3 is 23.9 Å². The Labute approximate surface area is 125 Å². The largest absolute Gasteiger partial charge is 0.493 e. The molecule has 1 aromatic carbocycles. The van der Waals surface area contributed by atoms with Gasteiger partial charge in [-0.15, -0.1) is 0 Å². The van der Waals surface area contributed by atoms with Crippen LogP contribution in [-0.4, -0.2) is 33.7 Å². The zero-order valence-electron chi connectivity index (χ0n) is 13.2. The second-order valence-electron chi connectivity index (χ2n) is 5.04. The lowest BCUT2D eigenvalue weighted by Crippen LogP contribution is -2.40. The summed E-state index contributed by atoms with van der Waals surface area (Å²) in [6.45, 7) is 4.06. The number of fused-ring (bicyclic) bond motifs is 1. The third-order valence-corrected chi connectivity index (χ3v) is 3.56. The van der Waals surface area contributed by atoms with Crippen molar-refractivity contribution in [1.82, 2.24) is 5.32 Å². The summed E-state index contributed by atoms with van der Waals surface area (Å²) in [5.74, 6) is 1.60. The van der Waals surface area contributed by atoms with E-state index in [4.69, 9.17) is 18.6 Å². The Morgan fingerprint density at radius 2 is 1.81 bits per heavy atom. The number of hydrogen-bond donors (Lipinski definition) is 1. The van der Waals surface area contributed by atoms with Crippen molar-refractivity contribution in [2.24, 2.45) is 0 Å². The summed E-state index contributed by atoms with van der Waals surface area (Å²) >= 11 is 0. The second-order valence-corrected chi connectivity index (χ2v) is 5.04. The molecule has 0 bridgehead atoms. The van der Waals surface area contributed by atoms with Gasteiger partial charge in [0.15, 0.2) is 17.6 Å². The third kappa shape index (κ3) is 3.37. The predicted octanol–water partition coefficient (Wildman–Crippen LogP) is 3.10. The molecule has 0 saturated heterocycles. The lowest BCUT2D eigenvalue weighted by molar-refractivity contribution is -0.121. The SMILES string of the molecule is COc1cccc2cc(C(C)NC(C)C(OC)OC)oc12. The molecule has 2 aromatic rings. The molecule has 5 heteroatoms. The van der Waals surface area contributed by atoms with Crippen LogP contribution in [0.25, 0.3) is 11.0 Å². The first kappa shape index (κ1) is 15.8. The normalized spacial score (nSPS) is 14.6. The van der Waals surface area contributed by atoms with Crippen LogP contribution in [0.4, 0.5) is 0 Å². The zero-order chi connectivity index (χ0) is 15.4. The Balaban J connectivity index is 2.18. The summed E-state index contributed by atoms with van der Waals surface area (Å²) in [7, 11) is 4.90. The predicted molar refractivity (Wildman–Crippen MR) is 81.6 cm³/mol. The first-order valence-electron chi connectivity index (χ1n) is 6.98. The number of para-hydroxylation sites is 1. The molecule has 1 aromatic heterocycles. The molecule has 0 aliphatic carbocycles. The van der Waals surface area contributed by atoms with Crippen LogP contribution in [-0.2, 0) is 9.47 Å². The Morgan fingerprint density at radius 1 is 1.10 bits per heavy atom. The fourth-order valence-electron chi connectivity index (χ4n) is 2.49. The van der Waals surface area contributed by atoms with Gasteiger partial charge in [0, 0.05) is 19.6 Å². The highest BCUT2D eigenvalue weighted by molar-refractivity contribution is 5.83. The highest BCUT2D eigenvalue weighted by Crippen LogP contribution is 2.31. The average molecular weight is 293 g/mol. The average Bonchev–Trinajstić information content (AvgIpc) is 2.92. The van der Waals surface area contributed by atoms with Crippen molar-refractivity contribution in [2.45, 2.75) is 32.2 Å². The molecule has 2 unspecified atom stereocenters. The van der Waals surface area contributed by atoms with E-state index in [1.54, 1.807) is 21.3 Å². The summed E-state index contributed by atoms with van der Waals surface area (Å²) in [6.07, 6.45) is -0.300. The van der Waals surface area contributed by atoms with Crippen LogP contribution in [0.15, 0.2) is 28.7 Å². The quantitative estimate of drug-likeness (QED) is 0.795. The first-order chi connectivity index (χ1) is 10.1. The third-order valence-electron chi connectivity index (χ3n) is 3.56. The fraction of sp³-hybridized carbons (Fsp3) is 0.500. The molecule has 5 nitrogen and oxygen atoms in total. The van der Waals surface area contributed by atoms with Crippen LogP contribution in [0.3, 0.4) is 0 Å². The minimum absolute atomic E-state index is 0.0323. The van der Waals surface area contributed by atoms with Gasteiger partial charge in [-0.1, -0.05) is 12.1 Å². The van der Waals surface area contributed by atoms with Crippen LogP contribution >= 0.6 is 0 Å². The number of rotatable bonds is 7. The van der Waals surface area contributed by atoms with E-state index in [0.29, 0.717) is 0 Å². The van der Waals surface area contributed by atoms with E-state index in [-0.39, 0.29) is 18.4 Å². The highest BCUT2D eigenvalue weighted by Gasteiger charge is 2.21. The maximum atomic E-state index is 5.93. The maximum absolute atomic E-state index is 5.93. The molecule has 0 aliphatic heterocycles. The van der Waals surface area contributed by atoms with Crippen molar-refractivity contribution in [3.05, 3.63) is 30.0 Å². The molecule has 0 amide bonds. The highest BCUT2D eigenvalue weighted by atomic mass is 16.7. The van der Waals surface area contributed by atoms with Gasteiger partial charge in [0.25, 0.3) is 0 Å². The fourth-order valence-corrected chi connectivity index (χ4v) is 2.49. The monoisotopic (exact) mass is 293 g/mol. The van der Waals surface area contributed by atoms with E-state index in [1.807, 2.05) is 38.1 Å². The number of nitrogens with one attached hydrogen (secondary N) is 1. The molecule has 2 atom stereocenters. The van der Waals surface area contributed by atoms with Gasteiger partial charge in [-0.3, -0.25) is 0 Å². The van der Waals surface area contributed by atoms with Crippen LogP contribution in [0.5, 0.6) is 5.75 Å². The molecule has 116 valence electrons. The van der Waals surface area contributed by atoms with Crippen molar-refractivity contribution in [1.29, 1.82) is 0 Å². The summed E-state index contributed by atoms with van der Waals surface area (Å²) in [5, 5.41) is 4.44. The van der Waals surface area contributed by atoms with Gasteiger partial charge >= 0.3 is 0 Å². The number of benzene rings is 1. The lowest BCUT2D eigenvalue weighted by atomic mass is 10.2. The second kappa shape index (κ2) is 6.93. The van der Waals surface area contributed by atoms with Crippen molar-refractivity contribution in [2.75, 3.05) is 21.3 Å². The number of furan rings is 1. The van der Waals surface area contributed by atoms with Gasteiger partial charge in [-0.2, -0.15) is 0 Å². The van der Waals surface area contributed by atoms with Gasteiger partial charge in [0.05, 0.1) is 19.2 Å².